The Labute approximate surface area is 97.5 Å². The molecule has 0 aliphatic carbocycles. The van der Waals surface area contributed by atoms with Gasteiger partial charge in [-0.25, -0.2) is 4.98 Å². The largest absolute Gasteiger partial charge is 0.367 e. The van der Waals surface area contributed by atoms with Gasteiger partial charge < -0.3 is 5.32 Å². The lowest BCUT2D eigenvalue weighted by Gasteiger charge is -2.28. The van der Waals surface area contributed by atoms with Gasteiger partial charge in [0.15, 0.2) is 0 Å². The van der Waals surface area contributed by atoms with Gasteiger partial charge >= 0.3 is 0 Å². The van der Waals surface area contributed by atoms with Gasteiger partial charge in [-0.3, -0.25) is 0 Å². The molecular formula is C13H19N3. The smallest absolute Gasteiger partial charge is 0.127 e. The molecule has 0 saturated carbocycles. The molecule has 0 saturated heterocycles. The van der Waals surface area contributed by atoms with Crippen molar-refractivity contribution in [2.24, 2.45) is 5.41 Å². The number of aromatic nitrogens is 1. The van der Waals surface area contributed by atoms with Gasteiger partial charge in [0, 0.05) is 11.7 Å². The van der Waals surface area contributed by atoms with E-state index < -0.39 is 0 Å². The Bertz CT molecular complexity index is 410. The lowest BCUT2D eigenvalue weighted by atomic mass is 9.88. The first kappa shape index (κ1) is 12.5. The first-order valence-corrected chi connectivity index (χ1v) is 5.48. The molecule has 0 aliphatic rings. The number of pyridine rings is 1. The maximum atomic E-state index is 8.87. The Balaban J connectivity index is 2.90. The molecule has 16 heavy (non-hydrogen) atoms. The molecule has 3 nitrogen and oxygen atoms in total. The molecule has 1 aromatic heterocycles. The number of hydrogen-bond donors (Lipinski definition) is 1. The van der Waals surface area contributed by atoms with Crippen molar-refractivity contribution in [3.05, 3.63) is 23.4 Å². The van der Waals surface area contributed by atoms with Gasteiger partial charge in [0.25, 0.3) is 0 Å². The molecule has 1 aromatic rings. The maximum Gasteiger partial charge on any atom is 0.127 e. The lowest BCUT2D eigenvalue weighted by molar-refractivity contribution is 0.358. The molecule has 1 rings (SSSR count). The SMILES string of the molecule is Cc1cc(C#N)cc(NC(C)C(C)(C)C)n1. The summed E-state index contributed by atoms with van der Waals surface area (Å²) in [6, 6.07) is 6.01. The molecule has 0 bridgehead atoms. The number of rotatable bonds is 2. The average molecular weight is 217 g/mol. The van der Waals surface area contributed by atoms with E-state index in [0.717, 1.165) is 11.5 Å². The monoisotopic (exact) mass is 217 g/mol. The average Bonchev–Trinajstić information content (AvgIpc) is 2.15. The van der Waals surface area contributed by atoms with Crippen LogP contribution < -0.4 is 5.32 Å². The second-order valence-electron chi connectivity index (χ2n) is 5.23. The van der Waals surface area contributed by atoms with Gasteiger partial charge in [-0.05, 0) is 31.4 Å². The molecule has 86 valence electrons. The van der Waals surface area contributed by atoms with Crippen molar-refractivity contribution in [1.82, 2.24) is 4.98 Å². The highest BCUT2D eigenvalue weighted by Crippen LogP contribution is 2.22. The minimum absolute atomic E-state index is 0.165. The van der Waals surface area contributed by atoms with Crippen molar-refractivity contribution in [1.29, 1.82) is 5.26 Å². The molecule has 3 heteroatoms. The molecule has 0 aliphatic heterocycles. The second kappa shape index (κ2) is 4.52. The number of aryl methyl sites for hydroxylation is 1. The van der Waals surface area contributed by atoms with E-state index >= 15 is 0 Å². The second-order valence-corrected chi connectivity index (χ2v) is 5.23. The van der Waals surface area contributed by atoms with E-state index in [1.807, 2.05) is 6.92 Å². The van der Waals surface area contributed by atoms with Crippen LogP contribution in [0.4, 0.5) is 5.82 Å². The summed E-state index contributed by atoms with van der Waals surface area (Å²) < 4.78 is 0. The minimum atomic E-state index is 0.165. The topological polar surface area (TPSA) is 48.7 Å². The van der Waals surface area contributed by atoms with E-state index in [-0.39, 0.29) is 5.41 Å². The van der Waals surface area contributed by atoms with Crippen LogP contribution in [0, 0.1) is 23.7 Å². The Morgan fingerprint density at radius 2 is 2.00 bits per heavy atom. The van der Waals surface area contributed by atoms with Gasteiger partial charge in [0.2, 0.25) is 0 Å². The van der Waals surface area contributed by atoms with E-state index in [4.69, 9.17) is 5.26 Å². The summed E-state index contributed by atoms with van der Waals surface area (Å²) in [6.45, 7) is 10.5. The third-order valence-corrected chi connectivity index (χ3v) is 2.75. The quantitative estimate of drug-likeness (QED) is 0.828. The zero-order chi connectivity index (χ0) is 12.3. The fourth-order valence-corrected chi connectivity index (χ4v) is 1.25. The molecule has 0 fully saturated rings. The molecular weight excluding hydrogens is 198 g/mol. The van der Waals surface area contributed by atoms with Crippen molar-refractivity contribution >= 4 is 5.82 Å². The zero-order valence-electron chi connectivity index (χ0n) is 10.6. The Hall–Kier alpha value is -1.56. The van der Waals surface area contributed by atoms with Crippen LogP contribution in [-0.4, -0.2) is 11.0 Å². The highest BCUT2D eigenvalue weighted by molar-refractivity contribution is 5.45. The van der Waals surface area contributed by atoms with Crippen molar-refractivity contribution in [3.63, 3.8) is 0 Å². The maximum absolute atomic E-state index is 8.87. The van der Waals surface area contributed by atoms with Crippen molar-refractivity contribution in [2.75, 3.05) is 5.32 Å². The highest BCUT2D eigenvalue weighted by atomic mass is 15.0. The van der Waals surface area contributed by atoms with Crippen molar-refractivity contribution in [3.8, 4) is 6.07 Å². The molecule has 0 radical (unpaired) electrons. The number of nitriles is 1. The summed E-state index contributed by atoms with van der Waals surface area (Å²) >= 11 is 0. The third kappa shape index (κ3) is 3.23. The fraction of sp³-hybridized carbons (Fsp3) is 0.538. The van der Waals surface area contributed by atoms with Crippen LogP contribution in [0.15, 0.2) is 12.1 Å². The van der Waals surface area contributed by atoms with Gasteiger partial charge in [0.05, 0.1) is 11.6 Å². The van der Waals surface area contributed by atoms with E-state index in [2.05, 4.69) is 44.1 Å². The summed E-state index contributed by atoms with van der Waals surface area (Å²) in [6.07, 6.45) is 0. The summed E-state index contributed by atoms with van der Waals surface area (Å²) in [7, 11) is 0. The fourth-order valence-electron chi connectivity index (χ4n) is 1.25. The van der Waals surface area contributed by atoms with E-state index in [9.17, 15) is 0 Å². The Kier molecular flexibility index (Phi) is 3.54. The lowest BCUT2D eigenvalue weighted by Crippen LogP contribution is -2.31. The van der Waals surface area contributed by atoms with E-state index in [1.54, 1.807) is 12.1 Å². The first-order valence-electron chi connectivity index (χ1n) is 5.48. The van der Waals surface area contributed by atoms with Crippen LogP contribution in [0.1, 0.15) is 39.0 Å². The van der Waals surface area contributed by atoms with Crippen LogP contribution >= 0.6 is 0 Å². The van der Waals surface area contributed by atoms with Crippen LogP contribution in [0.2, 0.25) is 0 Å². The van der Waals surface area contributed by atoms with Gasteiger partial charge in [0.1, 0.15) is 5.82 Å². The number of hydrogen-bond acceptors (Lipinski definition) is 3. The molecule has 0 amide bonds. The highest BCUT2D eigenvalue weighted by Gasteiger charge is 2.20. The van der Waals surface area contributed by atoms with Gasteiger partial charge in [-0.1, -0.05) is 20.8 Å². The molecule has 1 N–H and O–H groups in total. The van der Waals surface area contributed by atoms with Crippen LogP contribution in [0.3, 0.4) is 0 Å². The van der Waals surface area contributed by atoms with Crippen molar-refractivity contribution in [2.45, 2.75) is 40.7 Å². The first-order chi connectivity index (χ1) is 7.32. The van der Waals surface area contributed by atoms with Crippen LogP contribution in [0.25, 0.3) is 0 Å². The summed E-state index contributed by atoms with van der Waals surface area (Å²) in [5, 5.41) is 12.2. The molecule has 0 spiro atoms. The van der Waals surface area contributed by atoms with E-state index in [0.29, 0.717) is 11.6 Å². The molecule has 1 heterocycles. The number of anilines is 1. The van der Waals surface area contributed by atoms with E-state index in [1.165, 1.54) is 0 Å². The normalized spacial score (nSPS) is 13.0. The standard InChI is InChI=1S/C13H19N3/c1-9-6-11(8-14)7-12(15-9)16-10(2)13(3,4)5/h6-7,10H,1-5H3,(H,15,16). The van der Waals surface area contributed by atoms with Crippen LogP contribution in [-0.2, 0) is 0 Å². The summed E-state index contributed by atoms with van der Waals surface area (Å²) in [5.41, 5.74) is 1.68. The predicted molar refractivity (Wildman–Crippen MR) is 66.2 cm³/mol. The third-order valence-electron chi connectivity index (χ3n) is 2.75. The molecule has 0 aromatic carbocycles. The molecule has 1 atom stereocenters. The Morgan fingerprint density at radius 1 is 1.38 bits per heavy atom. The predicted octanol–water partition coefficient (Wildman–Crippen LogP) is 3.11. The Morgan fingerprint density at radius 3 is 2.50 bits per heavy atom. The number of nitrogens with one attached hydrogen (secondary N) is 1. The van der Waals surface area contributed by atoms with Crippen LogP contribution in [0.5, 0.6) is 0 Å². The molecule has 1 unspecified atom stereocenters. The number of nitrogens with zero attached hydrogens (tertiary/aromatic N) is 2. The zero-order valence-corrected chi connectivity index (χ0v) is 10.6. The summed E-state index contributed by atoms with van der Waals surface area (Å²) in [5.74, 6) is 0.777. The van der Waals surface area contributed by atoms with Gasteiger partial charge in [-0.2, -0.15) is 5.26 Å². The van der Waals surface area contributed by atoms with Crippen molar-refractivity contribution < 1.29 is 0 Å². The minimum Gasteiger partial charge on any atom is -0.367 e. The van der Waals surface area contributed by atoms with Gasteiger partial charge in [-0.15, -0.1) is 0 Å². The summed E-state index contributed by atoms with van der Waals surface area (Å²) in [4.78, 5) is 4.37.